The molecule has 1 saturated carbocycles. The van der Waals surface area contributed by atoms with Crippen LogP contribution < -0.4 is 26.0 Å². The Labute approximate surface area is 246 Å². The quantitative estimate of drug-likeness (QED) is 0.431. The van der Waals surface area contributed by atoms with Gasteiger partial charge in [-0.15, -0.1) is 0 Å². The van der Waals surface area contributed by atoms with Crippen molar-refractivity contribution in [2.75, 3.05) is 13.2 Å². The number of fused-ring (bicyclic) bond motifs is 1. The molecule has 0 bridgehead atoms. The molecule has 42 heavy (non-hydrogen) atoms. The first kappa shape index (κ1) is 31.0. The molecular weight excluding hydrogens is 539 g/mol. The Morgan fingerprint density at radius 1 is 1.02 bits per heavy atom. The summed E-state index contributed by atoms with van der Waals surface area (Å²) in [5, 5.41) is 11.7. The molecule has 1 aliphatic heterocycles. The molecule has 2 atom stereocenters. The summed E-state index contributed by atoms with van der Waals surface area (Å²) in [6, 6.07) is 11.4. The summed E-state index contributed by atoms with van der Waals surface area (Å²) < 4.78 is 19.3. The lowest BCUT2D eigenvalue weighted by Gasteiger charge is -2.38. The molecule has 0 radical (unpaired) electrons. The summed E-state index contributed by atoms with van der Waals surface area (Å²) in [6.45, 7) is 4.35. The zero-order valence-corrected chi connectivity index (χ0v) is 24.3. The molecule has 4 N–H and O–H groups in total. The van der Waals surface area contributed by atoms with Gasteiger partial charge >= 0.3 is 0 Å². The highest BCUT2D eigenvalue weighted by Crippen LogP contribution is 2.29. The molecule has 1 spiro atoms. The van der Waals surface area contributed by atoms with E-state index >= 15 is 0 Å². The van der Waals surface area contributed by atoms with E-state index in [0.717, 1.165) is 24.8 Å². The second kappa shape index (κ2) is 14.3. The molecule has 226 valence electrons. The summed E-state index contributed by atoms with van der Waals surface area (Å²) in [5.74, 6) is -1.50. The second-order valence-corrected chi connectivity index (χ2v) is 11.6. The van der Waals surface area contributed by atoms with E-state index in [-0.39, 0.29) is 61.1 Å². The van der Waals surface area contributed by atoms with Crippen molar-refractivity contribution in [2.45, 2.75) is 82.8 Å². The van der Waals surface area contributed by atoms with E-state index in [0.29, 0.717) is 25.0 Å². The lowest BCUT2D eigenvalue weighted by molar-refractivity contribution is -0.136. The molecule has 0 saturated heterocycles. The molecule has 2 aromatic rings. The third-order valence-electron chi connectivity index (χ3n) is 8.10. The van der Waals surface area contributed by atoms with Crippen LogP contribution in [0, 0.1) is 11.7 Å². The average molecular weight is 581 g/mol. The van der Waals surface area contributed by atoms with Crippen LogP contribution in [0.5, 0.6) is 5.75 Å². The lowest BCUT2D eigenvalue weighted by atomic mass is 9.80. The highest BCUT2D eigenvalue weighted by molar-refractivity contribution is 6.00. The van der Waals surface area contributed by atoms with Crippen molar-refractivity contribution in [3.8, 4) is 5.75 Å². The Hall–Kier alpha value is -3.95. The van der Waals surface area contributed by atoms with Crippen LogP contribution in [0.1, 0.15) is 74.7 Å². The number of hydrogen-bond donors (Lipinski definition) is 4. The van der Waals surface area contributed by atoms with E-state index in [4.69, 9.17) is 4.74 Å². The number of para-hydroxylation sites is 1. The fourth-order valence-electron chi connectivity index (χ4n) is 5.45. The minimum atomic E-state index is -1.03. The number of hydrogen-bond acceptors (Lipinski definition) is 5. The molecule has 0 unspecified atom stereocenters. The Morgan fingerprint density at radius 3 is 2.45 bits per heavy atom. The van der Waals surface area contributed by atoms with Crippen molar-refractivity contribution in [2.24, 2.45) is 5.92 Å². The van der Waals surface area contributed by atoms with Crippen LogP contribution in [0.2, 0.25) is 0 Å². The van der Waals surface area contributed by atoms with E-state index in [1.165, 1.54) is 12.1 Å². The Morgan fingerprint density at radius 2 is 1.74 bits per heavy atom. The van der Waals surface area contributed by atoms with Gasteiger partial charge in [0.15, 0.2) is 0 Å². The predicted molar refractivity (Wildman–Crippen MR) is 156 cm³/mol. The molecule has 0 aromatic heterocycles. The molecule has 1 aliphatic carbocycles. The van der Waals surface area contributed by atoms with Crippen LogP contribution in [0.3, 0.4) is 0 Å². The normalized spacial score (nSPS) is 21.6. The Kier molecular flexibility index (Phi) is 10.5. The summed E-state index contributed by atoms with van der Waals surface area (Å²) in [6.07, 6.45) is 4.14. The highest BCUT2D eigenvalue weighted by atomic mass is 19.1. The van der Waals surface area contributed by atoms with Gasteiger partial charge in [-0.2, -0.15) is 0 Å². The van der Waals surface area contributed by atoms with Crippen molar-refractivity contribution in [3.05, 3.63) is 65.5 Å². The molecule has 4 amide bonds. The van der Waals surface area contributed by atoms with Gasteiger partial charge < -0.3 is 26.0 Å². The molecule has 1 fully saturated rings. The van der Waals surface area contributed by atoms with Crippen LogP contribution >= 0.6 is 0 Å². The van der Waals surface area contributed by atoms with Crippen molar-refractivity contribution < 1.29 is 28.3 Å². The van der Waals surface area contributed by atoms with Crippen molar-refractivity contribution in [1.82, 2.24) is 21.3 Å². The minimum absolute atomic E-state index is 0.0324. The predicted octanol–water partition coefficient (Wildman–Crippen LogP) is 3.42. The monoisotopic (exact) mass is 580 g/mol. The molecule has 2 aliphatic rings. The molecule has 4 rings (SSSR count). The average Bonchev–Trinajstić information content (AvgIpc) is 2.98. The van der Waals surface area contributed by atoms with Gasteiger partial charge in [0.1, 0.15) is 29.8 Å². The number of halogens is 1. The van der Waals surface area contributed by atoms with Crippen LogP contribution in [-0.2, 0) is 20.8 Å². The standard InChI is InChI=1S/C32H41FN4O5/c1-21(2)26-20-42-27-9-5-4-8-24(27)29(39)35-25(30(40)34-19-16-22-10-12-23(33)13-11-22)14-15-28(38)37-32(31(41)36-26)17-6-3-7-18-32/h4-5,8-13,21,25-26H,3,6-7,14-20H2,1-2H3,(H,34,40)(H,35,39)(H,36,41)(H,37,38)/t25-,26+/m0/s1. The summed E-state index contributed by atoms with van der Waals surface area (Å²) in [4.78, 5) is 53.6. The number of carbonyl (C=O) groups excluding carboxylic acids is 4. The van der Waals surface area contributed by atoms with Gasteiger partial charge in [-0.3, -0.25) is 19.2 Å². The van der Waals surface area contributed by atoms with E-state index in [2.05, 4.69) is 21.3 Å². The molecule has 9 nitrogen and oxygen atoms in total. The number of benzene rings is 2. The minimum Gasteiger partial charge on any atom is -0.491 e. The summed E-state index contributed by atoms with van der Waals surface area (Å²) in [5.41, 5.74) is 0.0685. The maximum atomic E-state index is 13.7. The third-order valence-corrected chi connectivity index (χ3v) is 8.10. The second-order valence-electron chi connectivity index (χ2n) is 11.6. The molecule has 2 aromatic carbocycles. The zero-order valence-electron chi connectivity index (χ0n) is 24.3. The first-order valence-corrected chi connectivity index (χ1v) is 14.8. The van der Waals surface area contributed by atoms with Gasteiger partial charge in [0.05, 0.1) is 11.6 Å². The fraction of sp³-hybridized carbons (Fsp3) is 0.500. The van der Waals surface area contributed by atoms with E-state index < -0.39 is 23.4 Å². The Balaban J connectivity index is 1.56. The van der Waals surface area contributed by atoms with Gasteiger partial charge in [-0.1, -0.05) is 57.4 Å². The largest absolute Gasteiger partial charge is 0.491 e. The Bertz CT molecular complexity index is 1260. The number of ether oxygens (including phenoxy) is 1. The van der Waals surface area contributed by atoms with E-state index in [9.17, 15) is 23.6 Å². The summed E-state index contributed by atoms with van der Waals surface area (Å²) in [7, 11) is 0. The van der Waals surface area contributed by atoms with Crippen molar-refractivity contribution >= 4 is 23.6 Å². The number of amides is 4. The van der Waals surface area contributed by atoms with Crippen LogP contribution in [0.4, 0.5) is 4.39 Å². The maximum Gasteiger partial charge on any atom is 0.255 e. The number of carbonyl (C=O) groups is 4. The van der Waals surface area contributed by atoms with Crippen molar-refractivity contribution in [3.63, 3.8) is 0 Å². The van der Waals surface area contributed by atoms with Crippen LogP contribution in [0.25, 0.3) is 0 Å². The van der Waals surface area contributed by atoms with Crippen molar-refractivity contribution in [1.29, 1.82) is 0 Å². The summed E-state index contributed by atoms with van der Waals surface area (Å²) >= 11 is 0. The molecule has 1 heterocycles. The molecular formula is C32H41FN4O5. The van der Waals surface area contributed by atoms with Gasteiger partial charge in [0, 0.05) is 13.0 Å². The first-order chi connectivity index (χ1) is 20.2. The SMILES string of the molecule is CC(C)[C@H]1COc2ccccc2C(=O)N[C@H](C(=O)NCCc2ccc(F)cc2)CCC(=O)NC2(CCCCC2)C(=O)N1. The van der Waals surface area contributed by atoms with Gasteiger partial charge in [-0.05, 0) is 61.4 Å². The third kappa shape index (κ3) is 8.08. The van der Waals surface area contributed by atoms with E-state index in [1.807, 2.05) is 13.8 Å². The number of rotatable bonds is 5. The smallest absolute Gasteiger partial charge is 0.255 e. The maximum absolute atomic E-state index is 13.7. The van der Waals surface area contributed by atoms with Gasteiger partial charge in [0.25, 0.3) is 5.91 Å². The van der Waals surface area contributed by atoms with E-state index in [1.54, 1.807) is 36.4 Å². The van der Waals surface area contributed by atoms with Crippen LogP contribution in [0.15, 0.2) is 48.5 Å². The zero-order chi connectivity index (χ0) is 30.1. The van der Waals surface area contributed by atoms with Gasteiger partial charge in [-0.25, -0.2) is 4.39 Å². The lowest BCUT2D eigenvalue weighted by Crippen LogP contribution is -2.62. The fourth-order valence-corrected chi connectivity index (χ4v) is 5.45. The van der Waals surface area contributed by atoms with Crippen LogP contribution in [-0.4, -0.2) is 54.4 Å². The first-order valence-electron chi connectivity index (χ1n) is 14.8. The molecule has 10 heteroatoms. The van der Waals surface area contributed by atoms with Gasteiger partial charge in [0.2, 0.25) is 17.7 Å². The topological polar surface area (TPSA) is 126 Å². The highest BCUT2D eigenvalue weighted by Gasteiger charge is 2.42. The number of nitrogens with one attached hydrogen (secondary N) is 4.